The second-order valence-electron chi connectivity index (χ2n) is 9.41. The molecule has 2 fully saturated rings. The molecule has 0 unspecified atom stereocenters. The largest absolute Gasteiger partial charge is 0.453 e. The third-order valence-corrected chi connectivity index (χ3v) is 9.68. The Kier molecular flexibility index (Phi) is 8.88. The highest BCUT2D eigenvalue weighted by Crippen LogP contribution is 2.35. The second kappa shape index (κ2) is 11.3. The van der Waals surface area contributed by atoms with Crippen molar-refractivity contribution in [2.75, 3.05) is 62.6 Å². The van der Waals surface area contributed by atoms with E-state index in [4.69, 9.17) is 4.74 Å². The molecule has 2 heterocycles. The van der Waals surface area contributed by atoms with Crippen molar-refractivity contribution in [2.45, 2.75) is 31.5 Å². The Morgan fingerprint density at radius 3 is 2.16 bits per heavy atom. The van der Waals surface area contributed by atoms with Gasteiger partial charge in [-0.3, -0.25) is 4.79 Å². The summed E-state index contributed by atoms with van der Waals surface area (Å²) in [5.41, 5.74) is -2.23. The topological polar surface area (TPSA) is 125 Å². The molecule has 11 nitrogen and oxygen atoms in total. The van der Waals surface area contributed by atoms with Gasteiger partial charge < -0.3 is 19.4 Å². The first-order valence-corrected chi connectivity index (χ1v) is 15.5. The minimum absolute atomic E-state index is 0.0885. The van der Waals surface area contributed by atoms with Crippen molar-refractivity contribution in [3.8, 4) is 0 Å². The molecule has 0 spiro atoms. The number of nitrogens with zero attached hydrogens (tertiary/aromatic N) is 4. The van der Waals surface area contributed by atoms with Crippen LogP contribution in [-0.2, 0) is 42.2 Å². The fourth-order valence-corrected chi connectivity index (χ4v) is 7.85. The quantitative estimate of drug-likeness (QED) is 0.471. The van der Waals surface area contributed by atoms with Gasteiger partial charge in [0.15, 0.2) is 0 Å². The Balaban J connectivity index is 1.98. The number of likely N-dealkylation sites (tertiary alicyclic amines) is 1. The number of amides is 2. The number of carbonyl (C=O) groups excluding carboxylic acids is 2. The van der Waals surface area contributed by atoms with Crippen LogP contribution in [0.3, 0.4) is 0 Å². The molecule has 2 saturated heterocycles. The maximum atomic E-state index is 13.5. The summed E-state index contributed by atoms with van der Waals surface area (Å²) >= 11 is 0. The third-order valence-electron chi connectivity index (χ3n) is 6.46. The fourth-order valence-electron chi connectivity index (χ4n) is 4.83. The molecule has 0 aliphatic carbocycles. The Hall–Kier alpha value is -2.59. The molecule has 1 aromatic carbocycles. The summed E-state index contributed by atoms with van der Waals surface area (Å²) in [5.74, 6) is -0.540. The number of sulfonamides is 2. The molecule has 1 atom stereocenters. The lowest BCUT2D eigenvalue weighted by Gasteiger charge is -2.42. The second-order valence-corrected chi connectivity index (χ2v) is 13.3. The minimum Gasteiger partial charge on any atom is -0.453 e. The van der Waals surface area contributed by atoms with Gasteiger partial charge in [0.05, 0.1) is 43.3 Å². The minimum atomic E-state index is -4.89. The van der Waals surface area contributed by atoms with Gasteiger partial charge in [-0.15, -0.1) is 0 Å². The van der Waals surface area contributed by atoms with E-state index in [2.05, 4.69) is 4.90 Å². The van der Waals surface area contributed by atoms with Crippen LogP contribution in [-0.4, -0.2) is 108 Å². The van der Waals surface area contributed by atoms with Gasteiger partial charge in [-0.1, -0.05) is 6.07 Å². The van der Waals surface area contributed by atoms with Crippen molar-refractivity contribution < 1.29 is 44.3 Å². The molecule has 0 bridgehead atoms. The number of rotatable bonds is 7. The van der Waals surface area contributed by atoms with Gasteiger partial charge in [0.1, 0.15) is 0 Å². The van der Waals surface area contributed by atoms with Crippen LogP contribution >= 0.6 is 0 Å². The van der Waals surface area contributed by atoms with E-state index in [1.165, 1.54) is 16.9 Å². The first-order valence-electron chi connectivity index (χ1n) is 11.8. The SMILES string of the molecule is COC(=O)N1CCN(C(=O)Cc2ccc(C(F)(F)F)cc2N(S(C)(=O)=O)S(C)(=O)=O)[C@H](CN2CCCC2)C1. The van der Waals surface area contributed by atoms with Crippen LogP contribution in [0.25, 0.3) is 0 Å². The number of hydrogen-bond donors (Lipinski definition) is 0. The van der Waals surface area contributed by atoms with Crippen molar-refractivity contribution in [1.82, 2.24) is 14.7 Å². The van der Waals surface area contributed by atoms with E-state index in [9.17, 15) is 39.6 Å². The highest BCUT2D eigenvalue weighted by atomic mass is 32.3. The van der Waals surface area contributed by atoms with E-state index >= 15 is 0 Å². The van der Waals surface area contributed by atoms with Crippen molar-refractivity contribution in [3.05, 3.63) is 29.3 Å². The lowest BCUT2D eigenvalue weighted by atomic mass is 10.0. The molecule has 0 saturated carbocycles. The smallest absolute Gasteiger partial charge is 0.416 e. The monoisotopic (exact) mass is 584 g/mol. The normalized spacial score (nSPS) is 19.5. The van der Waals surface area contributed by atoms with E-state index in [1.54, 1.807) is 0 Å². The number of halogens is 3. The molecule has 0 N–H and O–H groups in total. The van der Waals surface area contributed by atoms with Crippen LogP contribution in [0.2, 0.25) is 0 Å². The fraction of sp³-hybridized carbons (Fsp3) is 0.636. The van der Waals surface area contributed by atoms with Crippen LogP contribution in [0, 0.1) is 0 Å². The molecule has 0 radical (unpaired) electrons. The maximum absolute atomic E-state index is 13.5. The Labute approximate surface area is 220 Å². The summed E-state index contributed by atoms with van der Waals surface area (Å²) in [6.45, 7) is 2.54. The number of ether oxygens (including phenoxy) is 1. The molecule has 214 valence electrons. The number of alkyl halides is 3. The van der Waals surface area contributed by atoms with E-state index in [-0.39, 0.29) is 28.9 Å². The summed E-state index contributed by atoms with van der Waals surface area (Å²) in [4.78, 5) is 30.7. The van der Waals surface area contributed by atoms with Gasteiger partial charge in [0, 0.05) is 26.2 Å². The Bertz CT molecular complexity index is 1230. The zero-order valence-electron chi connectivity index (χ0n) is 21.3. The maximum Gasteiger partial charge on any atom is 0.416 e. The molecule has 1 aromatic rings. The summed E-state index contributed by atoms with van der Waals surface area (Å²) in [6.07, 6.45) is -2.90. The Morgan fingerprint density at radius 1 is 1.03 bits per heavy atom. The molecule has 16 heteroatoms. The van der Waals surface area contributed by atoms with Gasteiger partial charge in [-0.05, 0) is 43.6 Å². The predicted octanol–water partition coefficient (Wildman–Crippen LogP) is 1.35. The zero-order chi connectivity index (χ0) is 28.5. The van der Waals surface area contributed by atoms with Crippen LogP contribution in [0.5, 0.6) is 0 Å². The van der Waals surface area contributed by atoms with Gasteiger partial charge in [-0.2, -0.15) is 16.9 Å². The van der Waals surface area contributed by atoms with Crippen molar-refractivity contribution in [1.29, 1.82) is 0 Å². The first-order chi connectivity index (χ1) is 17.5. The predicted molar refractivity (Wildman–Crippen MR) is 132 cm³/mol. The molecule has 3 rings (SSSR count). The van der Waals surface area contributed by atoms with Crippen molar-refractivity contribution in [3.63, 3.8) is 0 Å². The van der Waals surface area contributed by atoms with E-state index < -0.39 is 61.9 Å². The number of methoxy groups -OCH3 is 1. The summed E-state index contributed by atoms with van der Waals surface area (Å²) < 4.78 is 94.5. The number of hydrogen-bond acceptors (Lipinski definition) is 8. The van der Waals surface area contributed by atoms with Gasteiger partial charge in [0.2, 0.25) is 26.0 Å². The summed E-state index contributed by atoms with van der Waals surface area (Å²) in [5, 5.41) is 0. The molecule has 0 aromatic heterocycles. The molecule has 38 heavy (non-hydrogen) atoms. The van der Waals surface area contributed by atoms with Gasteiger partial charge >= 0.3 is 12.3 Å². The average Bonchev–Trinajstić information content (AvgIpc) is 3.30. The molecule has 2 aliphatic heterocycles. The third kappa shape index (κ3) is 7.08. The summed E-state index contributed by atoms with van der Waals surface area (Å²) in [6, 6.07) is 1.56. The van der Waals surface area contributed by atoms with Crippen LogP contribution in [0.15, 0.2) is 18.2 Å². The van der Waals surface area contributed by atoms with Crippen LogP contribution < -0.4 is 3.71 Å². The summed E-state index contributed by atoms with van der Waals surface area (Å²) in [7, 11) is -7.91. The molecular formula is C22H31F3N4O7S2. The zero-order valence-corrected chi connectivity index (χ0v) is 22.9. The van der Waals surface area contributed by atoms with Gasteiger partial charge in [0.25, 0.3) is 0 Å². The standard InChI is InChI=1S/C22H31F3N4O7S2/c1-36-21(31)27-10-11-28(18(15-27)14-26-8-4-5-9-26)20(30)12-16-6-7-17(22(23,24)25)13-19(16)29(37(2,32)33)38(3,34)35/h6-7,13,18H,4-5,8-12,14-15H2,1-3H3/t18-/m1/s1. The van der Waals surface area contributed by atoms with Crippen molar-refractivity contribution in [2.24, 2.45) is 0 Å². The highest BCUT2D eigenvalue weighted by Gasteiger charge is 2.38. The van der Waals surface area contributed by atoms with Crippen LogP contribution in [0.1, 0.15) is 24.0 Å². The molecule has 2 aliphatic rings. The lowest BCUT2D eigenvalue weighted by Crippen LogP contribution is -2.59. The van der Waals surface area contributed by atoms with Crippen LogP contribution in [0.4, 0.5) is 23.7 Å². The van der Waals surface area contributed by atoms with E-state index in [1.807, 2.05) is 0 Å². The number of anilines is 1. The van der Waals surface area contributed by atoms with Gasteiger partial charge in [-0.25, -0.2) is 21.6 Å². The van der Waals surface area contributed by atoms with E-state index in [0.29, 0.717) is 31.2 Å². The highest BCUT2D eigenvalue weighted by molar-refractivity contribution is 8.09. The Morgan fingerprint density at radius 2 is 1.63 bits per heavy atom. The van der Waals surface area contributed by atoms with Crippen molar-refractivity contribution >= 4 is 37.7 Å². The average molecular weight is 585 g/mol. The first kappa shape index (κ1) is 30.0. The number of piperazine rings is 1. The number of benzene rings is 1. The molecule has 2 amide bonds. The molecular weight excluding hydrogens is 553 g/mol. The number of carbonyl (C=O) groups is 2. The lowest BCUT2D eigenvalue weighted by molar-refractivity contribution is -0.137. The van der Waals surface area contributed by atoms with E-state index in [0.717, 1.165) is 32.0 Å².